The molecule has 1 saturated carbocycles. The Bertz CT molecular complexity index is 754. The Balaban J connectivity index is 0.000000451. The zero-order chi connectivity index (χ0) is 23.9. The monoisotopic (exact) mass is 464 g/mol. The van der Waals surface area contributed by atoms with Crippen molar-refractivity contribution >= 4 is 11.8 Å². The molecule has 5 nitrogen and oxygen atoms in total. The maximum Gasteiger partial charge on any atom is 0.490 e. The van der Waals surface area contributed by atoms with E-state index in [-0.39, 0.29) is 18.4 Å². The number of carboxylic acid groups (broad SMARTS) is 1. The van der Waals surface area contributed by atoms with Crippen molar-refractivity contribution in [3.63, 3.8) is 0 Å². The Morgan fingerprint density at radius 2 is 1.56 bits per heavy atom. The first kappa shape index (κ1) is 26.2. The Kier molecular flexibility index (Phi) is 9.15. The van der Waals surface area contributed by atoms with Crippen LogP contribution in [-0.4, -0.2) is 59.3 Å². The Morgan fingerprint density at radius 3 is 2.03 bits per heavy atom. The zero-order valence-electron chi connectivity index (χ0n) is 17.7. The zero-order valence-corrected chi connectivity index (χ0v) is 17.7. The second-order valence-electron chi connectivity index (χ2n) is 8.52. The van der Waals surface area contributed by atoms with Crippen molar-refractivity contribution in [2.45, 2.75) is 62.8 Å². The summed E-state index contributed by atoms with van der Waals surface area (Å²) in [5.41, 5.74) is 4.39. The molecule has 1 heterocycles. The first-order chi connectivity index (χ1) is 14.9. The fourth-order valence-electron chi connectivity index (χ4n) is 4.06. The van der Waals surface area contributed by atoms with Crippen LogP contribution in [0.1, 0.15) is 55.3 Å². The van der Waals surface area contributed by atoms with Gasteiger partial charge in [0.25, 0.3) is 0 Å². The van der Waals surface area contributed by atoms with Gasteiger partial charge in [0.05, 0.1) is 0 Å². The number of piperidine rings is 1. The molecule has 2 aliphatic rings. The van der Waals surface area contributed by atoms with E-state index in [1.165, 1.54) is 37.1 Å². The van der Waals surface area contributed by atoms with E-state index in [2.05, 4.69) is 4.90 Å². The number of nitrogens with two attached hydrogens (primary N) is 1. The number of ketones is 1. The average Bonchev–Trinajstić information content (AvgIpc) is 2.74. The smallest absolute Gasteiger partial charge is 0.475 e. The predicted molar refractivity (Wildman–Crippen MR) is 108 cm³/mol. The molecule has 0 radical (unpaired) electrons. The second-order valence-corrected chi connectivity index (χ2v) is 8.52. The third-order valence-corrected chi connectivity index (χ3v) is 6.15. The summed E-state index contributed by atoms with van der Waals surface area (Å²) in [4.78, 5) is 23.6. The number of carboxylic acids is 1. The first-order valence-corrected chi connectivity index (χ1v) is 10.7. The molecule has 0 spiro atoms. The van der Waals surface area contributed by atoms with E-state index in [9.17, 15) is 22.4 Å². The van der Waals surface area contributed by atoms with E-state index in [0.29, 0.717) is 19.1 Å². The second kappa shape index (κ2) is 11.2. The van der Waals surface area contributed by atoms with Crippen LogP contribution in [0.2, 0.25) is 0 Å². The molecular weight excluding hydrogens is 435 g/mol. The van der Waals surface area contributed by atoms with Crippen molar-refractivity contribution in [1.82, 2.24) is 4.90 Å². The Labute approximate surface area is 183 Å². The van der Waals surface area contributed by atoms with Crippen LogP contribution in [0, 0.1) is 11.7 Å². The van der Waals surface area contributed by atoms with Crippen molar-refractivity contribution in [1.29, 1.82) is 0 Å². The fraction of sp³-hybridized carbons (Fsp3) is 0.636. The molecule has 2 fully saturated rings. The van der Waals surface area contributed by atoms with Gasteiger partial charge < -0.3 is 15.7 Å². The molecule has 1 aromatic rings. The lowest BCUT2D eigenvalue weighted by Gasteiger charge is -2.36. The number of nitrogens with zero attached hydrogens (tertiary/aromatic N) is 1. The molecule has 0 aromatic heterocycles. The molecule has 10 heteroatoms. The maximum atomic E-state index is 15.1. The third kappa shape index (κ3) is 7.81. The van der Waals surface area contributed by atoms with Crippen molar-refractivity contribution in [3.05, 3.63) is 35.6 Å². The van der Waals surface area contributed by atoms with Gasteiger partial charge in [-0.05, 0) is 68.8 Å². The molecule has 0 unspecified atom stereocenters. The van der Waals surface area contributed by atoms with E-state index in [1.54, 1.807) is 0 Å². The number of halogens is 5. The highest BCUT2D eigenvalue weighted by molar-refractivity contribution is 6.02. The minimum atomic E-state index is -5.08. The van der Waals surface area contributed by atoms with E-state index < -0.39 is 29.4 Å². The average molecular weight is 464 g/mol. The topological polar surface area (TPSA) is 83.6 Å². The maximum absolute atomic E-state index is 15.1. The van der Waals surface area contributed by atoms with Crippen molar-refractivity contribution < 1.29 is 36.6 Å². The van der Waals surface area contributed by atoms with Crippen molar-refractivity contribution in [3.8, 4) is 0 Å². The van der Waals surface area contributed by atoms with E-state index >= 15 is 4.39 Å². The number of rotatable bonds is 5. The van der Waals surface area contributed by atoms with Gasteiger partial charge in [-0.3, -0.25) is 4.79 Å². The Hall–Kier alpha value is -2.07. The molecule has 180 valence electrons. The van der Waals surface area contributed by atoms with Crippen LogP contribution in [0.15, 0.2) is 24.3 Å². The molecule has 1 aliphatic heterocycles. The summed E-state index contributed by atoms with van der Waals surface area (Å²) >= 11 is 0. The molecule has 1 aliphatic carbocycles. The van der Waals surface area contributed by atoms with Gasteiger partial charge >= 0.3 is 12.1 Å². The van der Waals surface area contributed by atoms with Crippen LogP contribution in [0.4, 0.5) is 22.0 Å². The van der Waals surface area contributed by atoms with Crippen LogP contribution in [0.3, 0.4) is 0 Å². The van der Waals surface area contributed by atoms with Gasteiger partial charge in [-0.25, -0.2) is 13.6 Å². The highest BCUT2D eigenvalue weighted by Gasteiger charge is 2.42. The van der Waals surface area contributed by atoms with Gasteiger partial charge in [-0.2, -0.15) is 13.2 Å². The highest BCUT2D eigenvalue weighted by Crippen LogP contribution is 2.32. The summed E-state index contributed by atoms with van der Waals surface area (Å²) in [6, 6.07) is 5.54. The van der Waals surface area contributed by atoms with Gasteiger partial charge in [-0.1, -0.05) is 0 Å². The van der Waals surface area contributed by atoms with E-state index in [4.69, 9.17) is 15.6 Å². The Morgan fingerprint density at radius 1 is 1.06 bits per heavy atom. The van der Waals surface area contributed by atoms with Crippen LogP contribution in [0.25, 0.3) is 0 Å². The largest absolute Gasteiger partial charge is 0.490 e. The quantitative estimate of drug-likeness (QED) is 0.500. The molecular formula is C22H29F5N2O3. The van der Waals surface area contributed by atoms with Crippen LogP contribution < -0.4 is 5.73 Å². The normalized spacial score (nSPS) is 23.7. The van der Waals surface area contributed by atoms with E-state index in [0.717, 1.165) is 31.7 Å². The van der Waals surface area contributed by atoms with Gasteiger partial charge in [0, 0.05) is 37.5 Å². The van der Waals surface area contributed by atoms with Gasteiger partial charge in [0.15, 0.2) is 11.5 Å². The number of benzene rings is 1. The number of likely N-dealkylation sites (tertiary alicyclic amines) is 1. The lowest BCUT2D eigenvalue weighted by Crippen LogP contribution is -2.47. The lowest BCUT2D eigenvalue weighted by atomic mass is 9.83. The summed E-state index contributed by atoms with van der Waals surface area (Å²) in [6.45, 7) is 2.19. The minimum absolute atomic E-state index is 0.221. The summed E-state index contributed by atoms with van der Waals surface area (Å²) in [6.07, 6.45) is 1.13. The number of carbonyl (C=O) groups is 2. The number of aliphatic carboxylic acids is 1. The lowest BCUT2D eigenvalue weighted by molar-refractivity contribution is -0.192. The molecule has 32 heavy (non-hydrogen) atoms. The van der Waals surface area contributed by atoms with Crippen molar-refractivity contribution in [2.75, 3.05) is 19.6 Å². The van der Waals surface area contributed by atoms with Crippen LogP contribution >= 0.6 is 0 Å². The summed E-state index contributed by atoms with van der Waals surface area (Å²) in [5.74, 6) is -2.94. The van der Waals surface area contributed by atoms with E-state index in [1.807, 2.05) is 0 Å². The predicted octanol–water partition coefficient (Wildman–Crippen LogP) is 4.35. The highest BCUT2D eigenvalue weighted by atomic mass is 19.4. The van der Waals surface area contributed by atoms with Crippen LogP contribution in [0.5, 0.6) is 0 Å². The molecule has 0 bridgehead atoms. The molecule has 1 aromatic carbocycles. The number of Topliss-reactive ketones (excluding diaryl/α,β-unsaturated/α-hetero) is 1. The van der Waals surface area contributed by atoms with Gasteiger partial charge in [-0.15, -0.1) is 0 Å². The van der Waals surface area contributed by atoms with Gasteiger partial charge in [0.2, 0.25) is 0 Å². The summed E-state index contributed by atoms with van der Waals surface area (Å²) < 4.78 is 59.8. The molecule has 1 saturated heterocycles. The minimum Gasteiger partial charge on any atom is -0.475 e. The fourth-order valence-corrected chi connectivity index (χ4v) is 4.06. The molecule has 0 atom stereocenters. The number of hydrogen-bond acceptors (Lipinski definition) is 4. The molecule has 3 N–H and O–H groups in total. The number of carbonyl (C=O) groups excluding carboxylic acids is 1. The summed E-state index contributed by atoms with van der Waals surface area (Å²) in [5, 5.41) is 7.12. The number of alkyl halides is 4. The summed E-state index contributed by atoms with van der Waals surface area (Å²) in [7, 11) is 0. The van der Waals surface area contributed by atoms with Crippen LogP contribution in [-0.2, 0) is 4.79 Å². The van der Waals surface area contributed by atoms with Gasteiger partial charge in [0.1, 0.15) is 5.82 Å². The standard InChI is InChI=1S/C20H28F2N2O.C2HF3O2/c21-17-5-3-16(4-6-17)19(25)20(22)10-13-24(14-11-20)12-9-15-1-7-18(23)8-2-15;3-2(4,5)1(6)7/h3-6,15,18H,1-2,7-14,23H2;(H,6,7). The molecule has 3 rings (SSSR count). The molecule has 0 amide bonds. The first-order valence-electron chi connectivity index (χ1n) is 10.7. The SMILES string of the molecule is NC1CCC(CCN2CCC(F)(C(=O)c3ccc(F)cc3)CC2)CC1.O=C(O)C(F)(F)F. The third-order valence-electron chi connectivity index (χ3n) is 6.15. The van der Waals surface area contributed by atoms with Crippen molar-refractivity contribution in [2.24, 2.45) is 11.7 Å². The number of hydrogen-bond donors (Lipinski definition) is 2.